The first kappa shape index (κ1) is 52.9. The second-order valence-corrected chi connectivity index (χ2v) is 18.2. The highest BCUT2D eigenvalue weighted by Crippen LogP contribution is 2.24. The number of carbonyl (C=O) groups excluding carboxylic acids is 2. The fourth-order valence-corrected chi connectivity index (χ4v) is 8.73. The van der Waals surface area contributed by atoms with Gasteiger partial charge < -0.3 is 19.7 Å². The molecule has 1 fully saturated rings. The molecule has 0 saturated carbocycles. The van der Waals surface area contributed by atoms with E-state index in [9.17, 15) is 9.59 Å². The van der Waals surface area contributed by atoms with E-state index in [0.29, 0.717) is 43.9 Å². The Hall–Kier alpha value is -1.14. The molecule has 0 amide bonds. The van der Waals surface area contributed by atoms with Crippen LogP contribution in [0.2, 0.25) is 0 Å². The number of ether oxygens (including phenoxy) is 2. The highest BCUT2D eigenvalue weighted by Gasteiger charge is 2.18. The normalized spacial score (nSPS) is 15.5. The number of rotatable bonds is 41. The number of hydrogen-bond donors (Lipinski definition) is 1. The number of piperidine rings is 1. The lowest BCUT2D eigenvalue weighted by Gasteiger charge is -2.30. The van der Waals surface area contributed by atoms with Gasteiger partial charge >= 0.3 is 11.9 Å². The highest BCUT2D eigenvalue weighted by atomic mass is 16.5. The maximum atomic E-state index is 12.5. The van der Waals surface area contributed by atoms with Crippen LogP contribution >= 0.6 is 0 Å². The van der Waals surface area contributed by atoms with Gasteiger partial charge in [0.15, 0.2) is 0 Å². The standard InChI is InChI=1S/C50H98N2O4/c1-6-10-14-22-30-45(28-12-8-3)34-36-49(53)55-42-26-20-16-18-24-32-48(51-44-47-38-40-52(5)41-39-47)33-25-19-17-21-27-43-56-50(54)37-35-46(29-13-9-4)31-23-15-11-7-2/h45-48,51H,6-44H2,1-5H3. The lowest BCUT2D eigenvalue weighted by Crippen LogP contribution is -2.38. The number of nitrogens with one attached hydrogen (secondary N) is 1. The van der Waals surface area contributed by atoms with Crippen LogP contribution in [-0.4, -0.2) is 62.8 Å². The molecule has 1 rings (SSSR count). The summed E-state index contributed by atoms with van der Waals surface area (Å²) in [6, 6.07) is 0.622. The van der Waals surface area contributed by atoms with Gasteiger partial charge in [-0.05, 0) is 95.8 Å². The second kappa shape index (κ2) is 39.3. The quantitative estimate of drug-likeness (QED) is 0.0491. The zero-order chi connectivity index (χ0) is 40.7. The Morgan fingerprint density at radius 3 is 1.32 bits per heavy atom. The Kier molecular flexibility index (Phi) is 37.1. The van der Waals surface area contributed by atoms with Crippen LogP contribution in [0.5, 0.6) is 0 Å². The van der Waals surface area contributed by atoms with Gasteiger partial charge in [0, 0.05) is 18.9 Å². The van der Waals surface area contributed by atoms with Gasteiger partial charge in [-0.15, -0.1) is 0 Å². The molecule has 2 atom stereocenters. The Balaban J connectivity index is 2.24. The van der Waals surface area contributed by atoms with Crippen molar-refractivity contribution >= 4 is 11.9 Å². The predicted molar refractivity (Wildman–Crippen MR) is 241 cm³/mol. The average Bonchev–Trinajstić information content (AvgIpc) is 3.20. The van der Waals surface area contributed by atoms with E-state index in [1.807, 2.05) is 0 Å². The van der Waals surface area contributed by atoms with E-state index >= 15 is 0 Å². The van der Waals surface area contributed by atoms with Gasteiger partial charge in [-0.2, -0.15) is 0 Å². The SMILES string of the molecule is CCCCCCC(CCCC)CCC(=O)OCCCCCCCC(CCCCCCCOC(=O)CCC(CCCC)CCCCCC)NCC1CCN(C)CC1. The molecule has 0 bridgehead atoms. The summed E-state index contributed by atoms with van der Waals surface area (Å²) in [6.45, 7) is 13.9. The van der Waals surface area contributed by atoms with E-state index in [1.54, 1.807) is 0 Å². The second-order valence-electron chi connectivity index (χ2n) is 18.2. The van der Waals surface area contributed by atoms with E-state index < -0.39 is 0 Å². The van der Waals surface area contributed by atoms with Crippen molar-refractivity contribution in [3.05, 3.63) is 0 Å². The summed E-state index contributed by atoms with van der Waals surface area (Å²) in [5, 5.41) is 4.01. The molecule has 1 aliphatic rings. The van der Waals surface area contributed by atoms with Crippen molar-refractivity contribution in [3.63, 3.8) is 0 Å². The van der Waals surface area contributed by atoms with Crippen molar-refractivity contribution in [2.45, 2.75) is 252 Å². The Morgan fingerprint density at radius 1 is 0.500 bits per heavy atom. The van der Waals surface area contributed by atoms with E-state index in [4.69, 9.17) is 9.47 Å². The Morgan fingerprint density at radius 2 is 0.875 bits per heavy atom. The smallest absolute Gasteiger partial charge is 0.305 e. The molecular formula is C50H98N2O4. The number of carbonyl (C=O) groups is 2. The number of hydrogen-bond acceptors (Lipinski definition) is 6. The molecule has 0 radical (unpaired) electrons. The van der Waals surface area contributed by atoms with Crippen molar-refractivity contribution in [1.82, 2.24) is 10.2 Å². The molecule has 0 aromatic rings. The minimum atomic E-state index is 0.0203. The molecule has 1 aliphatic heterocycles. The molecule has 56 heavy (non-hydrogen) atoms. The summed E-state index contributed by atoms with van der Waals surface area (Å²) >= 11 is 0. The maximum Gasteiger partial charge on any atom is 0.305 e. The van der Waals surface area contributed by atoms with Crippen LogP contribution in [0, 0.1) is 17.8 Å². The summed E-state index contributed by atoms with van der Waals surface area (Å²) in [5.41, 5.74) is 0. The van der Waals surface area contributed by atoms with Gasteiger partial charge in [-0.1, -0.05) is 182 Å². The van der Waals surface area contributed by atoms with Crippen LogP contribution in [0.4, 0.5) is 0 Å². The minimum Gasteiger partial charge on any atom is -0.466 e. The molecule has 332 valence electrons. The van der Waals surface area contributed by atoms with Crippen LogP contribution in [0.1, 0.15) is 246 Å². The molecular weight excluding hydrogens is 693 g/mol. The van der Waals surface area contributed by atoms with Gasteiger partial charge in [0.1, 0.15) is 0 Å². The number of unbranched alkanes of at least 4 members (excludes halogenated alkanes) is 16. The van der Waals surface area contributed by atoms with Crippen molar-refractivity contribution in [2.24, 2.45) is 17.8 Å². The Bertz CT molecular complexity index is 804. The predicted octanol–water partition coefficient (Wildman–Crippen LogP) is 14.2. The molecule has 6 heteroatoms. The fourth-order valence-electron chi connectivity index (χ4n) is 8.73. The summed E-state index contributed by atoms with van der Waals surface area (Å²) in [5.74, 6) is 2.25. The van der Waals surface area contributed by atoms with Gasteiger partial charge in [0.25, 0.3) is 0 Å². The van der Waals surface area contributed by atoms with Crippen LogP contribution in [0.3, 0.4) is 0 Å². The highest BCUT2D eigenvalue weighted by molar-refractivity contribution is 5.69. The number of nitrogens with zero attached hydrogens (tertiary/aromatic N) is 1. The maximum absolute atomic E-state index is 12.5. The molecule has 1 heterocycles. The van der Waals surface area contributed by atoms with Gasteiger partial charge in [0.2, 0.25) is 0 Å². The van der Waals surface area contributed by atoms with Gasteiger partial charge in [-0.3, -0.25) is 9.59 Å². The lowest BCUT2D eigenvalue weighted by atomic mass is 9.91. The van der Waals surface area contributed by atoms with Crippen LogP contribution in [0.15, 0.2) is 0 Å². The third-order valence-corrected chi connectivity index (χ3v) is 12.8. The molecule has 0 aliphatic carbocycles. The zero-order valence-electron chi connectivity index (χ0n) is 38.5. The number of esters is 2. The number of likely N-dealkylation sites (tertiary alicyclic amines) is 1. The molecule has 0 spiro atoms. The van der Waals surface area contributed by atoms with Crippen molar-refractivity contribution in [3.8, 4) is 0 Å². The van der Waals surface area contributed by atoms with E-state index in [1.165, 1.54) is 187 Å². The van der Waals surface area contributed by atoms with E-state index in [2.05, 4.69) is 45.0 Å². The van der Waals surface area contributed by atoms with E-state index in [-0.39, 0.29) is 11.9 Å². The first-order valence-electron chi connectivity index (χ1n) is 25.1. The molecule has 0 aromatic heterocycles. The first-order chi connectivity index (χ1) is 27.4. The van der Waals surface area contributed by atoms with Gasteiger partial charge in [-0.25, -0.2) is 0 Å². The Labute approximate surface area is 349 Å². The third-order valence-electron chi connectivity index (χ3n) is 12.8. The van der Waals surface area contributed by atoms with Gasteiger partial charge in [0.05, 0.1) is 13.2 Å². The van der Waals surface area contributed by atoms with Crippen molar-refractivity contribution in [1.29, 1.82) is 0 Å². The minimum absolute atomic E-state index is 0.0203. The lowest BCUT2D eigenvalue weighted by molar-refractivity contribution is -0.145. The molecule has 0 aromatic carbocycles. The molecule has 1 saturated heterocycles. The molecule has 1 N–H and O–H groups in total. The average molecular weight is 791 g/mol. The van der Waals surface area contributed by atoms with Crippen LogP contribution in [0.25, 0.3) is 0 Å². The molecule has 6 nitrogen and oxygen atoms in total. The first-order valence-corrected chi connectivity index (χ1v) is 25.1. The third kappa shape index (κ3) is 32.8. The van der Waals surface area contributed by atoms with E-state index in [0.717, 1.165) is 44.4 Å². The summed E-state index contributed by atoms with van der Waals surface area (Å²) in [4.78, 5) is 27.4. The van der Waals surface area contributed by atoms with Crippen LogP contribution in [-0.2, 0) is 19.1 Å². The van der Waals surface area contributed by atoms with Crippen LogP contribution < -0.4 is 5.32 Å². The van der Waals surface area contributed by atoms with Crippen molar-refractivity contribution < 1.29 is 19.1 Å². The monoisotopic (exact) mass is 791 g/mol. The summed E-state index contributed by atoms with van der Waals surface area (Å²) in [6.07, 6.45) is 41.0. The largest absolute Gasteiger partial charge is 0.466 e. The molecule has 2 unspecified atom stereocenters. The van der Waals surface area contributed by atoms with Crippen molar-refractivity contribution in [2.75, 3.05) is 39.9 Å². The summed E-state index contributed by atoms with van der Waals surface area (Å²) < 4.78 is 11.3. The zero-order valence-corrected chi connectivity index (χ0v) is 38.5. The topological polar surface area (TPSA) is 67.9 Å². The summed E-state index contributed by atoms with van der Waals surface area (Å²) in [7, 11) is 2.25. The fraction of sp³-hybridized carbons (Fsp3) is 0.960.